The van der Waals surface area contributed by atoms with Crippen LogP contribution in [0, 0.1) is 0 Å². The molecular formula is C17H28N6O. The number of hydrogen-bond acceptors (Lipinski definition) is 4. The van der Waals surface area contributed by atoms with E-state index >= 15 is 0 Å². The van der Waals surface area contributed by atoms with E-state index in [1.54, 1.807) is 6.26 Å². The molecular weight excluding hydrogens is 304 g/mol. The van der Waals surface area contributed by atoms with Crippen LogP contribution in [0.2, 0.25) is 0 Å². The minimum Gasteiger partial charge on any atom is -0.461 e. The Kier molecular flexibility index (Phi) is 7.86. The Morgan fingerprint density at radius 2 is 2.12 bits per heavy atom. The summed E-state index contributed by atoms with van der Waals surface area (Å²) >= 11 is 0. The van der Waals surface area contributed by atoms with E-state index in [0.29, 0.717) is 30.5 Å². The second kappa shape index (κ2) is 10.5. The van der Waals surface area contributed by atoms with Crippen LogP contribution in [0.3, 0.4) is 0 Å². The molecule has 0 aliphatic carbocycles. The smallest absolute Gasteiger partial charge is 0.216 e. The van der Waals surface area contributed by atoms with Gasteiger partial charge in [-0.25, -0.2) is 4.98 Å². The van der Waals surface area contributed by atoms with Gasteiger partial charge in [0.2, 0.25) is 5.82 Å². The number of H-pyrrole nitrogens is 1. The maximum Gasteiger partial charge on any atom is 0.216 e. The van der Waals surface area contributed by atoms with Crippen LogP contribution in [0.1, 0.15) is 51.3 Å². The van der Waals surface area contributed by atoms with Gasteiger partial charge in [0.05, 0.1) is 6.26 Å². The number of nitrogens with zero attached hydrogens (tertiary/aromatic N) is 3. The lowest BCUT2D eigenvalue weighted by molar-refractivity contribution is 0.577. The zero-order chi connectivity index (χ0) is 17.0. The van der Waals surface area contributed by atoms with Crippen molar-refractivity contribution in [3.05, 3.63) is 24.2 Å². The molecule has 2 rings (SSSR count). The van der Waals surface area contributed by atoms with Gasteiger partial charge in [-0.1, -0.05) is 39.0 Å². The van der Waals surface area contributed by atoms with Crippen molar-refractivity contribution < 1.29 is 4.42 Å². The minimum atomic E-state index is 0.495. The van der Waals surface area contributed by atoms with Gasteiger partial charge in [0.25, 0.3) is 0 Å². The van der Waals surface area contributed by atoms with Crippen molar-refractivity contribution in [1.29, 1.82) is 0 Å². The number of aromatic nitrogens is 3. The SMILES string of the molecule is CCCCCCCCN=C(N)NCCc1nc(-c2ccco2)n[nH]1. The Labute approximate surface area is 143 Å². The van der Waals surface area contributed by atoms with Gasteiger partial charge in [-0.15, -0.1) is 0 Å². The molecule has 0 fully saturated rings. The number of aromatic amines is 1. The Hall–Kier alpha value is -2.31. The van der Waals surface area contributed by atoms with Crippen molar-refractivity contribution >= 4 is 5.96 Å². The van der Waals surface area contributed by atoms with Gasteiger partial charge in [-0.05, 0) is 18.6 Å². The molecule has 0 aliphatic heterocycles. The fourth-order valence-corrected chi connectivity index (χ4v) is 2.38. The molecule has 7 nitrogen and oxygen atoms in total. The average molecular weight is 332 g/mol. The predicted molar refractivity (Wildman–Crippen MR) is 95.7 cm³/mol. The molecule has 0 bridgehead atoms. The standard InChI is InChI=1S/C17H28N6O/c1-2-3-4-5-6-7-11-19-17(18)20-12-10-15-21-16(23-22-15)14-9-8-13-24-14/h8-9,13H,2-7,10-12H2,1H3,(H3,18,19,20)(H,21,22,23). The first-order valence-electron chi connectivity index (χ1n) is 8.78. The van der Waals surface area contributed by atoms with Crippen molar-refractivity contribution in [2.75, 3.05) is 13.1 Å². The van der Waals surface area contributed by atoms with E-state index in [9.17, 15) is 0 Å². The monoisotopic (exact) mass is 332 g/mol. The summed E-state index contributed by atoms with van der Waals surface area (Å²) in [7, 11) is 0. The maximum absolute atomic E-state index is 5.86. The van der Waals surface area contributed by atoms with Crippen LogP contribution in [0.5, 0.6) is 0 Å². The van der Waals surface area contributed by atoms with E-state index in [2.05, 4.69) is 32.4 Å². The van der Waals surface area contributed by atoms with E-state index in [1.807, 2.05) is 12.1 Å². The highest BCUT2D eigenvalue weighted by atomic mass is 16.3. The number of hydrogen-bond donors (Lipinski definition) is 3. The molecule has 0 amide bonds. The number of nitrogens with one attached hydrogen (secondary N) is 2. The van der Waals surface area contributed by atoms with E-state index in [1.165, 1.54) is 32.1 Å². The summed E-state index contributed by atoms with van der Waals surface area (Å²) in [6, 6.07) is 3.64. The molecule has 2 aromatic heterocycles. The fourth-order valence-electron chi connectivity index (χ4n) is 2.38. The van der Waals surface area contributed by atoms with Crippen LogP contribution in [0.25, 0.3) is 11.6 Å². The highest BCUT2D eigenvalue weighted by Gasteiger charge is 2.07. The largest absolute Gasteiger partial charge is 0.461 e. The van der Waals surface area contributed by atoms with Gasteiger partial charge in [-0.3, -0.25) is 10.1 Å². The highest BCUT2D eigenvalue weighted by molar-refractivity contribution is 5.77. The second-order valence-corrected chi connectivity index (χ2v) is 5.79. The molecule has 4 N–H and O–H groups in total. The third-order valence-electron chi connectivity index (χ3n) is 3.74. The van der Waals surface area contributed by atoms with Gasteiger partial charge >= 0.3 is 0 Å². The zero-order valence-electron chi connectivity index (χ0n) is 14.4. The lowest BCUT2D eigenvalue weighted by Gasteiger charge is -2.04. The Bertz CT molecular complexity index is 590. The molecule has 0 unspecified atom stereocenters. The third kappa shape index (κ3) is 6.44. The molecule has 0 saturated carbocycles. The first-order chi connectivity index (χ1) is 11.8. The summed E-state index contributed by atoms with van der Waals surface area (Å²) in [5.41, 5.74) is 5.86. The van der Waals surface area contributed by atoms with Crippen molar-refractivity contribution in [2.24, 2.45) is 10.7 Å². The van der Waals surface area contributed by atoms with Crippen LogP contribution < -0.4 is 11.1 Å². The normalized spacial score (nSPS) is 11.8. The summed E-state index contributed by atoms with van der Waals surface area (Å²) in [5, 5.41) is 10.1. The first-order valence-corrected chi connectivity index (χ1v) is 8.78. The molecule has 0 radical (unpaired) electrons. The summed E-state index contributed by atoms with van der Waals surface area (Å²) in [5.74, 6) is 2.51. The van der Waals surface area contributed by atoms with E-state index in [4.69, 9.17) is 10.2 Å². The van der Waals surface area contributed by atoms with Gasteiger partial charge < -0.3 is 15.5 Å². The molecule has 0 aromatic carbocycles. The number of nitrogens with two attached hydrogens (primary N) is 1. The molecule has 2 aromatic rings. The molecule has 0 saturated heterocycles. The Balaban J connectivity index is 1.59. The van der Waals surface area contributed by atoms with Gasteiger partial charge in [0, 0.05) is 19.5 Å². The fraction of sp³-hybridized carbons (Fsp3) is 0.588. The van der Waals surface area contributed by atoms with Gasteiger partial charge in [-0.2, -0.15) is 5.10 Å². The molecule has 0 aliphatic rings. The van der Waals surface area contributed by atoms with Gasteiger partial charge in [0.15, 0.2) is 11.7 Å². The predicted octanol–water partition coefficient (Wildman–Crippen LogP) is 2.87. The topological polar surface area (TPSA) is 105 Å². The third-order valence-corrected chi connectivity index (χ3v) is 3.74. The Morgan fingerprint density at radius 1 is 1.29 bits per heavy atom. The van der Waals surface area contributed by atoms with Crippen molar-refractivity contribution in [3.63, 3.8) is 0 Å². The maximum atomic E-state index is 5.86. The summed E-state index contributed by atoms with van der Waals surface area (Å²) in [6.45, 7) is 3.68. The van der Waals surface area contributed by atoms with Crippen LogP contribution in [-0.4, -0.2) is 34.2 Å². The van der Waals surface area contributed by atoms with E-state index in [0.717, 1.165) is 18.8 Å². The molecule has 132 valence electrons. The number of guanidine groups is 1. The quantitative estimate of drug-likeness (QED) is 0.333. The lowest BCUT2D eigenvalue weighted by Crippen LogP contribution is -2.33. The molecule has 24 heavy (non-hydrogen) atoms. The van der Waals surface area contributed by atoms with E-state index in [-0.39, 0.29) is 0 Å². The summed E-state index contributed by atoms with van der Waals surface area (Å²) in [6.07, 6.45) is 9.85. The summed E-state index contributed by atoms with van der Waals surface area (Å²) in [4.78, 5) is 8.72. The molecule has 7 heteroatoms. The first kappa shape index (κ1) is 18.0. The zero-order valence-corrected chi connectivity index (χ0v) is 14.4. The van der Waals surface area contributed by atoms with Crippen LogP contribution >= 0.6 is 0 Å². The van der Waals surface area contributed by atoms with Crippen molar-refractivity contribution in [1.82, 2.24) is 20.5 Å². The molecule has 2 heterocycles. The highest BCUT2D eigenvalue weighted by Crippen LogP contribution is 2.14. The Morgan fingerprint density at radius 3 is 2.92 bits per heavy atom. The van der Waals surface area contributed by atoms with Crippen LogP contribution in [0.4, 0.5) is 0 Å². The van der Waals surface area contributed by atoms with Crippen LogP contribution in [0.15, 0.2) is 27.8 Å². The second-order valence-electron chi connectivity index (χ2n) is 5.79. The minimum absolute atomic E-state index is 0.495. The summed E-state index contributed by atoms with van der Waals surface area (Å²) < 4.78 is 5.26. The van der Waals surface area contributed by atoms with Gasteiger partial charge in [0.1, 0.15) is 5.82 Å². The van der Waals surface area contributed by atoms with Crippen LogP contribution in [-0.2, 0) is 6.42 Å². The van der Waals surface area contributed by atoms with Crippen molar-refractivity contribution in [2.45, 2.75) is 51.9 Å². The number of furan rings is 1. The van der Waals surface area contributed by atoms with Crippen molar-refractivity contribution in [3.8, 4) is 11.6 Å². The number of unbranched alkanes of at least 4 members (excludes halogenated alkanes) is 5. The molecule has 0 atom stereocenters. The average Bonchev–Trinajstić information content (AvgIpc) is 3.25. The van der Waals surface area contributed by atoms with E-state index < -0.39 is 0 Å². The number of rotatable bonds is 11. The lowest BCUT2D eigenvalue weighted by atomic mass is 10.1. The number of aliphatic imine (C=N–C) groups is 1. The molecule has 0 spiro atoms.